The van der Waals surface area contributed by atoms with Gasteiger partial charge in [-0.05, 0) is 42.8 Å². The number of benzene rings is 2. The minimum Gasteiger partial charge on any atom is -0.496 e. The van der Waals surface area contributed by atoms with Crippen molar-refractivity contribution < 1.29 is 18.9 Å². The highest BCUT2D eigenvalue weighted by Crippen LogP contribution is 2.34. The van der Waals surface area contributed by atoms with Crippen LogP contribution < -0.4 is 10.1 Å². The normalized spacial score (nSPS) is 11.0. The first kappa shape index (κ1) is 21.6. The number of furan rings is 1. The molecule has 9 heteroatoms. The Hall–Kier alpha value is -4.09. The Labute approximate surface area is 182 Å². The summed E-state index contributed by atoms with van der Waals surface area (Å²) < 4.78 is 10.9. The summed E-state index contributed by atoms with van der Waals surface area (Å²) in [5.74, 6) is 0.255. The number of anilines is 1. The summed E-state index contributed by atoms with van der Waals surface area (Å²) in [6.45, 7) is 1.83. The van der Waals surface area contributed by atoms with E-state index in [2.05, 4.69) is 5.32 Å². The second-order valence-electron chi connectivity index (χ2n) is 6.43. The number of hydrogen-bond donors (Lipinski definition) is 1. The van der Waals surface area contributed by atoms with Gasteiger partial charge in [-0.2, -0.15) is 5.26 Å². The van der Waals surface area contributed by atoms with E-state index in [-0.39, 0.29) is 22.8 Å². The molecule has 1 amide bonds. The molecule has 2 aromatic carbocycles. The van der Waals surface area contributed by atoms with E-state index in [1.54, 1.807) is 30.3 Å². The zero-order valence-electron chi connectivity index (χ0n) is 16.5. The van der Waals surface area contributed by atoms with Gasteiger partial charge in [0.2, 0.25) is 0 Å². The highest BCUT2D eigenvalue weighted by atomic mass is 35.5. The van der Waals surface area contributed by atoms with Crippen LogP contribution in [0.2, 0.25) is 5.02 Å². The van der Waals surface area contributed by atoms with Gasteiger partial charge in [0.25, 0.3) is 11.6 Å². The number of rotatable bonds is 6. The fourth-order valence-electron chi connectivity index (χ4n) is 2.74. The van der Waals surface area contributed by atoms with Gasteiger partial charge < -0.3 is 14.5 Å². The molecule has 0 aliphatic heterocycles. The van der Waals surface area contributed by atoms with Crippen LogP contribution in [0.1, 0.15) is 11.3 Å². The van der Waals surface area contributed by atoms with Gasteiger partial charge in [0.05, 0.1) is 17.6 Å². The molecule has 3 rings (SSSR count). The summed E-state index contributed by atoms with van der Waals surface area (Å²) >= 11 is 6.06. The van der Waals surface area contributed by atoms with Crippen molar-refractivity contribution in [3.63, 3.8) is 0 Å². The zero-order chi connectivity index (χ0) is 22.5. The number of methoxy groups -OCH3 is 1. The van der Waals surface area contributed by atoms with Crippen molar-refractivity contribution in [1.29, 1.82) is 5.26 Å². The van der Waals surface area contributed by atoms with Gasteiger partial charge in [-0.25, -0.2) is 0 Å². The van der Waals surface area contributed by atoms with Crippen LogP contribution in [0.4, 0.5) is 11.4 Å². The van der Waals surface area contributed by atoms with Crippen LogP contribution in [0, 0.1) is 28.4 Å². The summed E-state index contributed by atoms with van der Waals surface area (Å²) in [6.07, 6.45) is 1.28. The molecule has 0 aliphatic carbocycles. The number of carbonyl (C=O) groups excluding carboxylic acids is 1. The Morgan fingerprint density at radius 3 is 2.68 bits per heavy atom. The molecule has 3 aromatic rings. The van der Waals surface area contributed by atoms with E-state index < -0.39 is 10.8 Å². The van der Waals surface area contributed by atoms with Crippen LogP contribution in [0.5, 0.6) is 5.75 Å². The zero-order valence-corrected chi connectivity index (χ0v) is 17.3. The molecule has 0 aliphatic rings. The van der Waals surface area contributed by atoms with E-state index in [4.69, 9.17) is 20.8 Å². The van der Waals surface area contributed by atoms with E-state index in [0.29, 0.717) is 22.0 Å². The first-order valence-electron chi connectivity index (χ1n) is 8.94. The lowest BCUT2D eigenvalue weighted by Crippen LogP contribution is -2.13. The molecule has 0 bridgehead atoms. The van der Waals surface area contributed by atoms with Crippen LogP contribution in [0.15, 0.2) is 58.5 Å². The Morgan fingerprint density at radius 1 is 1.26 bits per heavy atom. The Morgan fingerprint density at radius 2 is 2.03 bits per heavy atom. The van der Waals surface area contributed by atoms with E-state index in [0.717, 1.165) is 5.56 Å². The molecule has 31 heavy (non-hydrogen) atoms. The maximum absolute atomic E-state index is 12.5. The monoisotopic (exact) mass is 437 g/mol. The Balaban J connectivity index is 1.88. The van der Waals surface area contributed by atoms with Crippen LogP contribution in [0.25, 0.3) is 17.4 Å². The standard InChI is InChI=1S/C22H16ClN3O5/c1-13-3-4-15(10-19(13)23)25-22(27)14(12-24)9-17-6-8-21(31-17)18-11-16(26(28)29)5-7-20(18)30-2/h3-11H,1-2H3,(H,25,27)/b14-9-. The van der Waals surface area contributed by atoms with Crippen molar-refractivity contribution in [2.45, 2.75) is 6.92 Å². The summed E-state index contributed by atoms with van der Waals surface area (Å²) in [4.78, 5) is 23.0. The quantitative estimate of drug-likeness (QED) is 0.239. The third kappa shape index (κ3) is 4.91. The van der Waals surface area contributed by atoms with E-state index in [9.17, 15) is 20.2 Å². The molecule has 1 aromatic heterocycles. The molecule has 0 fully saturated rings. The maximum atomic E-state index is 12.5. The van der Waals surface area contributed by atoms with Crippen molar-refractivity contribution in [3.05, 3.63) is 80.6 Å². The second kappa shape index (κ2) is 9.15. The van der Waals surface area contributed by atoms with Gasteiger partial charge >= 0.3 is 0 Å². The fraction of sp³-hybridized carbons (Fsp3) is 0.0909. The molecular formula is C22H16ClN3O5. The second-order valence-corrected chi connectivity index (χ2v) is 6.84. The average Bonchev–Trinajstić information content (AvgIpc) is 3.22. The molecule has 0 unspecified atom stereocenters. The van der Waals surface area contributed by atoms with E-state index >= 15 is 0 Å². The summed E-state index contributed by atoms with van der Waals surface area (Å²) in [5.41, 5.74) is 1.36. The van der Waals surface area contributed by atoms with Crippen LogP contribution >= 0.6 is 11.6 Å². The number of nitriles is 1. The number of hydrogen-bond acceptors (Lipinski definition) is 6. The van der Waals surface area contributed by atoms with Crippen molar-refractivity contribution in [2.24, 2.45) is 0 Å². The SMILES string of the molecule is COc1ccc([N+](=O)[O-])cc1-c1ccc(/C=C(/C#N)C(=O)Nc2ccc(C)c(Cl)c2)o1. The van der Waals surface area contributed by atoms with E-state index in [1.807, 2.05) is 13.0 Å². The molecule has 8 nitrogen and oxygen atoms in total. The van der Waals surface area contributed by atoms with Gasteiger partial charge in [-0.1, -0.05) is 17.7 Å². The topological polar surface area (TPSA) is 118 Å². The van der Waals surface area contributed by atoms with Crippen molar-refractivity contribution in [2.75, 3.05) is 12.4 Å². The molecule has 0 saturated carbocycles. The molecule has 0 radical (unpaired) electrons. The number of nitrogens with one attached hydrogen (secondary N) is 1. The first-order chi connectivity index (χ1) is 14.8. The Bertz CT molecular complexity index is 1240. The predicted octanol–water partition coefficient (Wildman–Crippen LogP) is 5.37. The number of halogens is 1. The fourth-order valence-corrected chi connectivity index (χ4v) is 2.92. The number of carbonyl (C=O) groups is 1. The molecule has 156 valence electrons. The average molecular weight is 438 g/mol. The minimum atomic E-state index is -0.631. The molecule has 1 heterocycles. The highest BCUT2D eigenvalue weighted by Gasteiger charge is 2.17. The molecule has 0 spiro atoms. The summed E-state index contributed by atoms with van der Waals surface area (Å²) in [6, 6.07) is 14.1. The predicted molar refractivity (Wildman–Crippen MR) is 116 cm³/mol. The number of nitrogens with zero attached hydrogens (tertiary/aromatic N) is 2. The molecular weight excluding hydrogens is 422 g/mol. The molecule has 0 saturated heterocycles. The van der Waals surface area contributed by atoms with Crippen LogP contribution in [-0.4, -0.2) is 17.9 Å². The van der Waals surface area contributed by atoms with Crippen molar-refractivity contribution in [1.82, 2.24) is 0 Å². The van der Waals surface area contributed by atoms with Gasteiger partial charge in [-0.15, -0.1) is 0 Å². The summed E-state index contributed by atoms with van der Waals surface area (Å²) in [5, 5.41) is 23.6. The Kier molecular flexibility index (Phi) is 6.38. The lowest BCUT2D eigenvalue weighted by molar-refractivity contribution is -0.384. The van der Waals surface area contributed by atoms with Crippen LogP contribution in [-0.2, 0) is 4.79 Å². The van der Waals surface area contributed by atoms with Crippen molar-refractivity contribution >= 4 is 35.0 Å². The van der Waals surface area contributed by atoms with Gasteiger partial charge in [-0.3, -0.25) is 14.9 Å². The number of ether oxygens (including phenoxy) is 1. The molecule has 0 atom stereocenters. The maximum Gasteiger partial charge on any atom is 0.270 e. The lowest BCUT2D eigenvalue weighted by atomic mass is 10.1. The van der Waals surface area contributed by atoms with Gasteiger partial charge in [0, 0.05) is 28.9 Å². The summed E-state index contributed by atoms with van der Waals surface area (Å²) in [7, 11) is 1.43. The van der Waals surface area contributed by atoms with Crippen LogP contribution in [0.3, 0.4) is 0 Å². The molecule has 1 N–H and O–H groups in total. The first-order valence-corrected chi connectivity index (χ1v) is 9.32. The highest BCUT2D eigenvalue weighted by molar-refractivity contribution is 6.31. The largest absolute Gasteiger partial charge is 0.496 e. The third-order valence-corrected chi connectivity index (χ3v) is 4.77. The lowest BCUT2D eigenvalue weighted by Gasteiger charge is -2.06. The van der Waals surface area contributed by atoms with Gasteiger partial charge in [0.1, 0.15) is 28.9 Å². The number of aryl methyl sites for hydroxylation is 1. The number of amides is 1. The third-order valence-electron chi connectivity index (χ3n) is 4.37. The number of non-ortho nitro benzene ring substituents is 1. The number of nitro benzene ring substituents is 1. The van der Waals surface area contributed by atoms with Crippen molar-refractivity contribution in [3.8, 4) is 23.1 Å². The smallest absolute Gasteiger partial charge is 0.270 e. The minimum absolute atomic E-state index is 0.127. The number of nitro groups is 1. The van der Waals surface area contributed by atoms with Gasteiger partial charge in [0.15, 0.2) is 0 Å². The van der Waals surface area contributed by atoms with E-state index in [1.165, 1.54) is 31.4 Å².